The summed E-state index contributed by atoms with van der Waals surface area (Å²) in [7, 11) is 0. The highest BCUT2D eigenvalue weighted by molar-refractivity contribution is 5.87. The minimum Gasteiger partial charge on any atom is -0.303 e. The first kappa shape index (κ1) is 8.01. The molecule has 1 aliphatic heterocycles. The van der Waals surface area contributed by atoms with Crippen LogP contribution in [0.1, 0.15) is 11.1 Å². The predicted molar refractivity (Wildman–Crippen MR) is 58.0 cm³/mol. The van der Waals surface area contributed by atoms with E-state index < -0.39 is 0 Å². The lowest BCUT2D eigenvalue weighted by molar-refractivity contribution is 0.758. The Morgan fingerprint density at radius 1 is 1.07 bits per heavy atom. The molecule has 1 N–H and O–H groups in total. The summed E-state index contributed by atoms with van der Waals surface area (Å²) in [4.78, 5) is 0. The van der Waals surface area contributed by atoms with Gasteiger partial charge < -0.3 is 5.32 Å². The van der Waals surface area contributed by atoms with Crippen molar-refractivity contribution >= 4 is 10.8 Å². The SMILES string of the molecule is [C]1NCCc2c1ccc1ccccc21. The van der Waals surface area contributed by atoms with Crippen LogP contribution in [0.3, 0.4) is 0 Å². The molecule has 0 saturated heterocycles. The Morgan fingerprint density at radius 3 is 3.00 bits per heavy atom. The van der Waals surface area contributed by atoms with Crippen molar-refractivity contribution in [2.75, 3.05) is 6.54 Å². The summed E-state index contributed by atoms with van der Waals surface area (Å²) in [5.41, 5.74) is 2.65. The molecule has 0 fully saturated rings. The summed E-state index contributed by atoms with van der Waals surface area (Å²) >= 11 is 0. The van der Waals surface area contributed by atoms with Crippen LogP contribution < -0.4 is 5.32 Å². The summed E-state index contributed by atoms with van der Waals surface area (Å²) in [5.74, 6) is 0. The third kappa shape index (κ3) is 1.13. The van der Waals surface area contributed by atoms with Crippen LogP contribution in [0.2, 0.25) is 0 Å². The van der Waals surface area contributed by atoms with Crippen LogP contribution in [0.15, 0.2) is 36.4 Å². The number of nitrogens with one attached hydrogen (secondary N) is 1. The Bertz CT molecular complexity index is 474. The molecule has 68 valence electrons. The van der Waals surface area contributed by atoms with Gasteiger partial charge in [-0.25, -0.2) is 0 Å². The third-order valence-corrected chi connectivity index (χ3v) is 2.76. The molecular weight excluding hydrogens is 170 g/mol. The molecule has 0 saturated carbocycles. The maximum absolute atomic E-state index is 3.20. The van der Waals surface area contributed by atoms with Crippen LogP contribution in [0.4, 0.5) is 0 Å². The van der Waals surface area contributed by atoms with E-state index in [0.717, 1.165) is 13.0 Å². The summed E-state index contributed by atoms with van der Waals surface area (Å²) in [5, 5.41) is 5.86. The van der Waals surface area contributed by atoms with Crippen molar-refractivity contribution in [3.63, 3.8) is 0 Å². The second-order valence-electron chi connectivity index (χ2n) is 3.61. The van der Waals surface area contributed by atoms with E-state index in [1.54, 1.807) is 0 Å². The van der Waals surface area contributed by atoms with Crippen LogP contribution >= 0.6 is 0 Å². The second-order valence-corrected chi connectivity index (χ2v) is 3.61. The zero-order chi connectivity index (χ0) is 9.38. The Kier molecular flexibility index (Phi) is 1.78. The van der Waals surface area contributed by atoms with Crippen molar-refractivity contribution in [3.8, 4) is 0 Å². The van der Waals surface area contributed by atoms with Crippen molar-refractivity contribution in [2.45, 2.75) is 6.42 Å². The van der Waals surface area contributed by atoms with Gasteiger partial charge in [0.2, 0.25) is 0 Å². The lowest BCUT2D eigenvalue weighted by Gasteiger charge is -2.17. The van der Waals surface area contributed by atoms with Crippen LogP contribution in [0.25, 0.3) is 10.8 Å². The van der Waals surface area contributed by atoms with Gasteiger partial charge in [0, 0.05) is 6.54 Å². The van der Waals surface area contributed by atoms with Gasteiger partial charge in [-0.05, 0) is 28.3 Å². The first-order chi connectivity index (χ1) is 6.95. The van der Waals surface area contributed by atoms with Gasteiger partial charge in [0.1, 0.15) is 0 Å². The molecule has 0 unspecified atom stereocenters. The molecule has 0 amide bonds. The molecule has 2 aromatic carbocycles. The Balaban J connectivity index is 2.34. The third-order valence-electron chi connectivity index (χ3n) is 2.76. The number of fused-ring (bicyclic) bond motifs is 3. The van der Waals surface area contributed by atoms with E-state index in [2.05, 4.69) is 48.3 Å². The standard InChI is InChI=1S/C13H11N/c1-2-4-12-10(3-1)5-6-11-9-14-8-7-13(11)12/h1-6,14H,7-8H2. The monoisotopic (exact) mass is 181 g/mol. The first-order valence-corrected chi connectivity index (χ1v) is 4.95. The Labute approximate surface area is 83.8 Å². The van der Waals surface area contributed by atoms with E-state index in [9.17, 15) is 0 Å². The lowest BCUT2D eigenvalue weighted by atomic mass is 9.94. The van der Waals surface area contributed by atoms with Crippen molar-refractivity contribution in [2.24, 2.45) is 0 Å². The number of rotatable bonds is 0. The van der Waals surface area contributed by atoms with Gasteiger partial charge in [-0.1, -0.05) is 36.4 Å². The lowest BCUT2D eigenvalue weighted by Crippen LogP contribution is -2.21. The molecule has 0 atom stereocenters. The largest absolute Gasteiger partial charge is 0.303 e. The van der Waals surface area contributed by atoms with Gasteiger partial charge in [0.25, 0.3) is 0 Å². The van der Waals surface area contributed by atoms with Gasteiger partial charge in [-0.2, -0.15) is 0 Å². The quantitative estimate of drug-likeness (QED) is 0.658. The number of hydrogen-bond acceptors (Lipinski definition) is 1. The van der Waals surface area contributed by atoms with Crippen molar-refractivity contribution in [3.05, 3.63) is 54.1 Å². The number of hydrogen-bond donors (Lipinski definition) is 1. The molecule has 2 radical (unpaired) electrons. The molecule has 14 heavy (non-hydrogen) atoms. The normalized spacial score (nSPS) is 15.4. The molecule has 0 spiro atoms. The molecule has 3 rings (SSSR count). The van der Waals surface area contributed by atoms with Crippen LogP contribution in [-0.2, 0) is 6.42 Å². The molecule has 1 heteroatoms. The van der Waals surface area contributed by atoms with E-state index >= 15 is 0 Å². The van der Waals surface area contributed by atoms with Crippen molar-refractivity contribution in [1.29, 1.82) is 0 Å². The van der Waals surface area contributed by atoms with Crippen molar-refractivity contribution in [1.82, 2.24) is 5.32 Å². The molecule has 1 nitrogen and oxygen atoms in total. The highest BCUT2D eigenvalue weighted by atomic mass is 14.9. The molecule has 2 aromatic rings. The molecule has 0 bridgehead atoms. The Morgan fingerprint density at radius 2 is 2.00 bits per heavy atom. The molecular formula is C13H11N. The molecule has 1 aliphatic rings. The maximum Gasteiger partial charge on any atom is 0.0936 e. The summed E-state index contributed by atoms with van der Waals surface area (Å²) in [6.07, 6.45) is 1.10. The van der Waals surface area contributed by atoms with E-state index in [1.807, 2.05) is 0 Å². The van der Waals surface area contributed by atoms with Crippen LogP contribution in [0.5, 0.6) is 0 Å². The average molecular weight is 181 g/mol. The number of benzene rings is 2. The van der Waals surface area contributed by atoms with Crippen LogP contribution in [0, 0.1) is 6.54 Å². The van der Waals surface area contributed by atoms with E-state index in [-0.39, 0.29) is 0 Å². The van der Waals surface area contributed by atoms with Crippen molar-refractivity contribution < 1.29 is 0 Å². The van der Waals surface area contributed by atoms with E-state index in [0.29, 0.717) is 0 Å². The topological polar surface area (TPSA) is 12.0 Å². The van der Waals surface area contributed by atoms with Gasteiger partial charge in [-0.15, -0.1) is 0 Å². The minimum absolute atomic E-state index is 1.00. The maximum atomic E-state index is 3.20. The minimum atomic E-state index is 1.00. The molecule has 1 heterocycles. The Hall–Kier alpha value is -1.34. The fourth-order valence-electron chi connectivity index (χ4n) is 2.07. The summed E-state index contributed by atoms with van der Waals surface area (Å²) in [6, 6.07) is 12.9. The van der Waals surface area contributed by atoms with E-state index in [1.165, 1.54) is 21.9 Å². The zero-order valence-corrected chi connectivity index (χ0v) is 7.88. The average Bonchev–Trinajstić information content (AvgIpc) is 2.29. The smallest absolute Gasteiger partial charge is 0.0936 e. The van der Waals surface area contributed by atoms with Gasteiger partial charge in [0.15, 0.2) is 0 Å². The van der Waals surface area contributed by atoms with Gasteiger partial charge in [0.05, 0.1) is 6.54 Å². The first-order valence-electron chi connectivity index (χ1n) is 4.95. The van der Waals surface area contributed by atoms with Gasteiger partial charge in [-0.3, -0.25) is 0 Å². The summed E-state index contributed by atoms with van der Waals surface area (Å²) < 4.78 is 0. The molecule has 0 aliphatic carbocycles. The predicted octanol–water partition coefficient (Wildman–Crippen LogP) is 2.37. The highest BCUT2D eigenvalue weighted by Gasteiger charge is 2.11. The highest BCUT2D eigenvalue weighted by Crippen LogP contribution is 2.25. The zero-order valence-electron chi connectivity index (χ0n) is 7.88. The summed E-state index contributed by atoms with van der Waals surface area (Å²) in [6.45, 7) is 4.21. The fourth-order valence-corrected chi connectivity index (χ4v) is 2.07. The van der Waals surface area contributed by atoms with Crippen LogP contribution in [-0.4, -0.2) is 6.54 Å². The molecule has 0 aromatic heterocycles. The van der Waals surface area contributed by atoms with Gasteiger partial charge >= 0.3 is 0 Å². The fraction of sp³-hybridized carbons (Fsp3) is 0.154. The van der Waals surface area contributed by atoms with E-state index in [4.69, 9.17) is 0 Å². The second kappa shape index (κ2) is 3.10.